The Morgan fingerprint density at radius 2 is 1.86 bits per heavy atom. The monoisotopic (exact) mass is 457 g/mol. The summed E-state index contributed by atoms with van der Waals surface area (Å²) in [7, 11) is 0. The van der Waals surface area contributed by atoms with Gasteiger partial charge in [0.25, 0.3) is 0 Å². The largest absolute Gasteiger partial charge is 0.367 e. The number of nitrogens with zero attached hydrogens (tertiary/aromatic N) is 3. The molecular weight excluding hydrogens is 437 g/mol. The minimum atomic E-state index is -0.360. The molecule has 5 nitrogen and oxygen atoms in total. The summed E-state index contributed by atoms with van der Waals surface area (Å²) in [5.74, 6) is -0.499. The van der Waals surface area contributed by atoms with E-state index >= 15 is 0 Å². The van der Waals surface area contributed by atoms with Crippen LogP contribution in [-0.4, -0.2) is 41.4 Å². The van der Waals surface area contributed by atoms with Gasteiger partial charge in [0.1, 0.15) is 5.82 Å². The van der Waals surface area contributed by atoms with Crippen LogP contribution < -0.4 is 10.3 Å². The Hall–Kier alpha value is -2.51. The second kappa shape index (κ2) is 8.08. The Morgan fingerprint density at radius 1 is 1.10 bits per heavy atom. The Morgan fingerprint density at radius 3 is 2.55 bits per heavy atom. The number of fused-ring (bicyclic) bond motifs is 1. The molecule has 0 aliphatic carbocycles. The minimum absolute atomic E-state index is 0.00634. The van der Waals surface area contributed by atoms with E-state index < -0.39 is 0 Å². The lowest BCUT2D eigenvalue weighted by atomic mass is 10.1. The van der Waals surface area contributed by atoms with Crippen molar-refractivity contribution in [3.8, 4) is 0 Å². The van der Waals surface area contributed by atoms with Crippen molar-refractivity contribution in [3.05, 3.63) is 74.7 Å². The number of halogens is 2. The van der Waals surface area contributed by atoms with Crippen LogP contribution in [0.5, 0.6) is 0 Å². The van der Waals surface area contributed by atoms with Crippen molar-refractivity contribution in [2.45, 2.75) is 13.6 Å². The van der Waals surface area contributed by atoms with Crippen molar-refractivity contribution in [1.29, 1.82) is 0 Å². The van der Waals surface area contributed by atoms with E-state index in [-0.39, 0.29) is 17.0 Å². The molecule has 1 aliphatic heterocycles. The van der Waals surface area contributed by atoms with Crippen LogP contribution in [0.1, 0.15) is 17.3 Å². The number of para-hydroxylation sites is 1. The van der Waals surface area contributed by atoms with Crippen molar-refractivity contribution in [2.75, 3.05) is 31.1 Å². The van der Waals surface area contributed by atoms with Gasteiger partial charge >= 0.3 is 0 Å². The van der Waals surface area contributed by atoms with Gasteiger partial charge in [0.05, 0.1) is 17.9 Å². The third kappa shape index (κ3) is 3.97. The summed E-state index contributed by atoms with van der Waals surface area (Å²) in [4.78, 5) is 27.9. The fourth-order valence-electron chi connectivity index (χ4n) is 3.77. The Balaban J connectivity index is 1.49. The first-order valence-corrected chi connectivity index (χ1v) is 10.3. The summed E-state index contributed by atoms with van der Waals surface area (Å²) >= 11 is 3.56. The zero-order valence-electron chi connectivity index (χ0n) is 16.1. The van der Waals surface area contributed by atoms with Crippen LogP contribution in [0.4, 0.5) is 10.1 Å². The number of piperazine rings is 1. The number of hydrogen-bond acceptors (Lipinski definition) is 4. The molecule has 0 unspecified atom stereocenters. The first kappa shape index (κ1) is 19.8. The zero-order valence-corrected chi connectivity index (χ0v) is 17.7. The minimum Gasteiger partial charge on any atom is -0.367 e. The van der Waals surface area contributed by atoms with Crippen molar-refractivity contribution in [1.82, 2.24) is 9.47 Å². The fraction of sp³-hybridized carbons (Fsp3) is 0.273. The van der Waals surface area contributed by atoms with Gasteiger partial charge in [-0.05, 0) is 53.2 Å². The standard InChI is InChI=1S/C22H21BrFN3O2/c1-15(28)16-5-6-20(19(24)13-16)26-11-9-25(10-12-26)14-27-8-7-21(29)17-3-2-4-18(23)22(17)27/h2-8,13H,9-12,14H2,1H3. The van der Waals surface area contributed by atoms with Gasteiger partial charge in [-0.15, -0.1) is 0 Å². The molecule has 0 saturated carbocycles. The van der Waals surface area contributed by atoms with Gasteiger partial charge in [-0.3, -0.25) is 14.5 Å². The van der Waals surface area contributed by atoms with E-state index in [0.717, 1.165) is 23.1 Å². The molecule has 0 bridgehead atoms. The third-order valence-corrected chi connectivity index (χ3v) is 6.00. The van der Waals surface area contributed by atoms with E-state index in [4.69, 9.17) is 0 Å². The van der Waals surface area contributed by atoms with E-state index in [1.54, 1.807) is 18.2 Å². The predicted octanol–water partition coefficient (Wildman–Crippen LogP) is 3.89. The van der Waals surface area contributed by atoms with Gasteiger partial charge in [0, 0.05) is 53.9 Å². The van der Waals surface area contributed by atoms with Crippen LogP contribution in [0.15, 0.2) is 57.9 Å². The normalized spacial score (nSPS) is 15.1. The molecule has 1 fully saturated rings. The van der Waals surface area contributed by atoms with Gasteiger partial charge in [0.15, 0.2) is 11.2 Å². The highest BCUT2D eigenvalue weighted by molar-refractivity contribution is 9.10. The van der Waals surface area contributed by atoms with E-state index in [0.29, 0.717) is 36.4 Å². The number of anilines is 1. The average Bonchev–Trinajstić information content (AvgIpc) is 2.71. The molecule has 7 heteroatoms. The molecule has 2 aromatic carbocycles. The number of rotatable bonds is 4. The Bertz CT molecular complexity index is 1140. The highest BCUT2D eigenvalue weighted by atomic mass is 79.9. The maximum absolute atomic E-state index is 14.4. The first-order chi connectivity index (χ1) is 13.9. The van der Waals surface area contributed by atoms with Gasteiger partial charge in [-0.2, -0.15) is 0 Å². The maximum atomic E-state index is 14.4. The number of benzene rings is 2. The number of carbonyl (C=O) groups excluding carboxylic acids is 1. The highest BCUT2D eigenvalue weighted by Gasteiger charge is 2.20. The molecule has 150 valence electrons. The first-order valence-electron chi connectivity index (χ1n) is 9.49. The van der Waals surface area contributed by atoms with E-state index in [2.05, 4.69) is 25.4 Å². The van der Waals surface area contributed by atoms with Gasteiger partial charge in [0.2, 0.25) is 0 Å². The quantitative estimate of drug-likeness (QED) is 0.557. The SMILES string of the molecule is CC(=O)c1ccc(N2CCN(Cn3ccc(=O)c4cccc(Br)c43)CC2)c(F)c1. The summed E-state index contributed by atoms with van der Waals surface area (Å²) in [6.45, 7) is 5.01. The average molecular weight is 458 g/mol. The van der Waals surface area contributed by atoms with Crippen LogP contribution in [-0.2, 0) is 6.67 Å². The number of aromatic nitrogens is 1. The molecule has 0 amide bonds. The van der Waals surface area contributed by atoms with Crippen molar-refractivity contribution in [2.24, 2.45) is 0 Å². The molecule has 3 aromatic rings. The fourth-order valence-corrected chi connectivity index (χ4v) is 4.37. The molecule has 1 aromatic heterocycles. The topological polar surface area (TPSA) is 45.6 Å². The lowest BCUT2D eigenvalue weighted by Crippen LogP contribution is -2.47. The Labute approximate surface area is 176 Å². The molecule has 1 saturated heterocycles. The van der Waals surface area contributed by atoms with E-state index in [1.807, 2.05) is 29.3 Å². The summed E-state index contributed by atoms with van der Waals surface area (Å²) in [5, 5.41) is 0.688. The van der Waals surface area contributed by atoms with Crippen molar-refractivity contribution >= 4 is 38.3 Å². The summed E-state index contributed by atoms with van der Waals surface area (Å²) in [6, 6.07) is 11.9. The molecular formula is C22H21BrFN3O2. The molecule has 29 heavy (non-hydrogen) atoms. The second-order valence-electron chi connectivity index (χ2n) is 7.25. The molecule has 0 atom stereocenters. The van der Waals surface area contributed by atoms with Crippen molar-refractivity contribution in [3.63, 3.8) is 0 Å². The zero-order chi connectivity index (χ0) is 20.5. The summed E-state index contributed by atoms with van der Waals surface area (Å²) < 4.78 is 17.4. The summed E-state index contributed by atoms with van der Waals surface area (Å²) in [6.07, 6.45) is 1.82. The van der Waals surface area contributed by atoms with E-state index in [9.17, 15) is 14.0 Å². The predicted molar refractivity (Wildman–Crippen MR) is 116 cm³/mol. The number of ketones is 1. The number of Topliss-reactive ketones (excluding diaryl/α,β-unsaturated/α-hetero) is 1. The van der Waals surface area contributed by atoms with Gasteiger partial charge < -0.3 is 9.47 Å². The third-order valence-electron chi connectivity index (χ3n) is 5.36. The lowest BCUT2D eigenvalue weighted by molar-refractivity contribution is 0.101. The van der Waals surface area contributed by atoms with Crippen LogP contribution >= 0.6 is 15.9 Å². The maximum Gasteiger partial charge on any atom is 0.189 e. The Kier molecular flexibility index (Phi) is 5.52. The molecule has 0 N–H and O–H groups in total. The highest BCUT2D eigenvalue weighted by Crippen LogP contribution is 2.24. The molecule has 2 heterocycles. The second-order valence-corrected chi connectivity index (χ2v) is 8.11. The smallest absolute Gasteiger partial charge is 0.189 e. The summed E-state index contributed by atoms with van der Waals surface area (Å²) in [5.41, 5.74) is 1.81. The van der Waals surface area contributed by atoms with E-state index in [1.165, 1.54) is 13.0 Å². The number of pyridine rings is 1. The molecule has 0 spiro atoms. The lowest BCUT2D eigenvalue weighted by Gasteiger charge is -2.36. The molecule has 1 aliphatic rings. The number of hydrogen-bond donors (Lipinski definition) is 0. The number of carbonyl (C=O) groups is 1. The van der Waals surface area contributed by atoms with Crippen LogP contribution in [0.25, 0.3) is 10.9 Å². The molecule has 4 rings (SSSR count). The van der Waals surface area contributed by atoms with Gasteiger partial charge in [-0.25, -0.2) is 4.39 Å². The van der Waals surface area contributed by atoms with Crippen LogP contribution in [0.2, 0.25) is 0 Å². The van der Waals surface area contributed by atoms with Crippen LogP contribution in [0.3, 0.4) is 0 Å². The molecule has 0 radical (unpaired) electrons. The van der Waals surface area contributed by atoms with Gasteiger partial charge in [-0.1, -0.05) is 6.07 Å². The van der Waals surface area contributed by atoms with Crippen LogP contribution in [0, 0.1) is 5.82 Å². The van der Waals surface area contributed by atoms with Crippen molar-refractivity contribution < 1.29 is 9.18 Å².